The highest BCUT2D eigenvalue weighted by molar-refractivity contribution is 14.0. The van der Waals surface area contributed by atoms with Gasteiger partial charge in [0, 0.05) is 69.5 Å². The van der Waals surface area contributed by atoms with Crippen LogP contribution in [0.5, 0.6) is 0 Å². The fraction of sp³-hybridized carbons (Fsp3) is 0.455. The van der Waals surface area contributed by atoms with E-state index in [1.807, 2.05) is 13.1 Å². The summed E-state index contributed by atoms with van der Waals surface area (Å²) in [6.07, 6.45) is 5.80. The second kappa shape index (κ2) is 10.8. The molecule has 0 spiro atoms. The smallest absolute Gasteiger partial charge is 0.193 e. The van der Waals surface area contributed by atoms with Gasteiger partial charge >= 0.3 is 0 Å². The third kappa shape index (κ3) is 5.15. The minimum atomic E-state index is 0. The van der Waals surface area contributed by atoms with E-state index in [9.17, 15) is 0 Å². The Labute approximate surface area is 194 Å². The van der Waals surface area contributed by atoms with Crippen LogP contribution in [0.3, 0.4) is 0 Å². The number of fused-ring (bicyclic) bond motifs is 1. The molecule has 4 rings (SSSR count). The van der Waals surface area contributed by atoms with Crippen LogP contribution in [0, 0.1) is 0 Å². The summed E-state index contributed by atoms with van der Waals surface area (Å²) < 4.78 is 4.93. The lowest BCUT2D eigenvalue weighted by Gasteiger charge is -2.36. The average Bonchev–Trinajstić information content (AvgIpc) is 3.42. The zero-order valence-corrected chi connectivity index (χ0v) is 20.1. The highest BCUT2D eigenvalue weighted by Crippen LogP contribution is 2.22. The van der Waals surface area contributed by atoms with Crippen LogP contribution in [0.2, 0.25) is 0 Å². The molecular weight excluding hydrogens is 491 g/mol. The Bertz CT molecular complexity index is 944. The predicted octanol–water partition coefficient (Wildman–Crippen LogP) is 3.27. The van der Waals surface area contributed by atoms with E-state index >= 15 is 0 Å². The van der Waals surface area contributed by atoms with Gasteiger partial charge in [-0.1, -0.05) is 30.3 Å². The molecule has 1 saturated heterocycles. The zero-order valence-electron chi connectivity index (χ0n) is 17.7. The zero-order chi connectivity index (χ0) is 20.1. The van der Waals surface area contributed by atoms with Crippen molar-refractivity contribution < 1.29 is 4.52 Å². The molecule has 0 amide bonds. The lowest BCUT2D eigenvalue weighted by Crippen LogP contribution is -2.52. The molecule has 162 valence electrons. The summed E-state index contributed by atoms with van der Waals surface area (Å²) in [6, 6.07) is 8.50. The van der Waals surface area contributed by atoms with Crippen molar-refractivity contribution in [2.45, 2.75) is 26.3 Å². The van der Waals surface area contributed by atoms with Crippen molar-refractivity contribution in [1.29, 1.82) is 0 Å². The van der Waals surface area contributed by atoms with Crippen molar-refractivity contribution in [2.24, 2.45) is 4.99 Å². The van der Waals surface area contributed by atoms with E-state index in [0.717, 1.165) is 63.8 Å². The van der Waals surface area contributed by atoms with Crippen LogP contribution in [-0.2, 0) is 19.4 Å². The molecule has 0 aliphatic carbocycles. The quantitative estimate of drug-likeness (QED) is 0.296. The number of guanidine groups is 1. The molecule has 1 aliphatic rings. The van der Waals surface area contributed by atoms with Crippen molar-refractivity contribution in [3.8, 4) is 0 Å². The number of nitrogens with zero attached hydrogens (tertiary/aromatic N) is 4. The molecule has 1 fully saturated rings. The van der Waals surface area contributed by atoms with Crippen LogP contribution in [0.25, 0.3) is 10.9 Å². The highest BCUT2D eigenvalue weighted by Gasteiger charge is 2.20. The van der Waals surface area contributed by atoms with E-state index in [4.69, 9.17) is 4.52 Å². The van der Waals surface area contributed by atoms with Crippen molar-refractivity contribution >= 4 is 40.8 Å². The molecule has 0 saturated carbocycles. The molecule has 8 heteroatoms. The second-order valence-electron chi connectivity index (χ2n) is 7.49. The molecule has 2 N–H and O–H groups in total. The molecule has 1 aliphatic heterocycles. The molecule has 3 aromatic rings. The highest BCUT2D eigenvalue weighted by atomic mass is 127. The SMILES string of the molecule is CCc1cccc2c(CCNC(=NC)N3CCN(Cc4ccon4)CC3)c[nH]c12.I. The van der Waals surface area contributed by atoms with Crippen molar-refractivity contribution in [2.75, 3.05) is 39.8 Å². The normalized spacial score (nSPS) is 15.4. The maximum Gasteiger partial charge on any atom is 0.193 e. The summed E-state index contributed by atoms with van der Waals surface area (Å²) in [5.74, 6) is 0.986. The van der Waals surface area contributed by atoms with Gasteiger partial charge in [-0.15, -0.1) is 24.0 Å². The third-order valence-electron chi connectivity index (χ3n) is 5.71. The van der Waals surface area contributed by atoms with E-state index in [0.29, 0.717) is 0 Å². The fourth-order valence-electron chi connectivity index (χ4n) is 4.08. The van der Waals surface area contributed by atoms with Crippen LogP contribution in [0.4, 0.5) is 0 Å². The number of hydrogen-bond donors (Lipinski definition) is 2. The Kier molecular flexibility index (Phi) is 8.15. The molecule has 30 heavy (non-hydrogen) atoms. The number of aromatic nitrogens is 2. The standard InChI is InChI=1S/C22H30N6O.HI/c1-3-17-5-4-6-20-18(15-25-21(17)20)7-9-24-22(23-2)28-12-10-27(11-13-28)16-19-8-14-29-26-19;/h4-6,8,14-15,25H,3,7,9-13,16H2,1-2H3,(H,23,24);1H. The van der Waals surface area contributed by atoms with Gasteiger partial charge in [-0.05, 0) is 24.0 Å². The largest absolute Gasteiger partial charge is 0.364 e. The molecule has 0 unspecified atom stereocenters. The van der Waals surface area contributed by atoms with E-state index < -0.39 is 0 Å². The van der Waals surface area contributed by atoms with Gasteiger partial charge in [0.05, 0.1) is 5.69 Å². The topological polar surface area (TPSA) is 72.7 Å². The summed E-state index contributed by atoms with van der Waals surface area (Å²) in [5, 5.41) is 8.89. The lowest BCUT2D eigenvalue weighted by atomic mass is 10.1. The minimum Gasteiger partial charge on any atom is -0.364 e. The number of aromatic amines is 1. The molecular formula is C22H31IN6O. The molecule has 3 heterocycles. The summed E-state index contributed by atoms with van der Waals surface area (Å²) in [7, 11) is 1.86. The van der Waals surface area contributed by atoms with Gasteiger partial charge in [-0.2, -0.15) is 0 Å². The van der Waals surface area contributed by atoms with E-state index in [1.54, 1.807) is 6.26 Å². The van der Waals surface area contributed by atoms with Crippen molar-refractivity contribution in [3.05, 3.63) is 53.5 Å². The van der Waals surface area contributed by atoms with Gasteiger partial charge in [0.2, 0.25) is 0 Å². The molecule has 0 radical (unpaired) electrons. The van der Waals surface area contributed by atoms with Gasteiger partial charge in [-0.3, -0.25) is 9.89 Å². The Morgan fingerprint density at radius 1 is 1.20 bits per heavy atom. The molecule has 0 bridgehead atoms. The number of benzene rings is 1. The number of halogens is 1. The lowest BCUT2D eigenvalue weighted by molar-refractivity contribution is 0.169. The van der Waals surface area contributed by atoms with Crippen LogP contribution < -0.4 is 5.32 Å². The number of aliphatic imine (C=N–C) groups is 1. The monoisotopic (exact) mass is 522 g/mol. The first-order valence-corrected chi connectivity index (χ1v) is 10.4. The van der Waals surface area contributed by atoms with E-state index in [1.165, 1.54) is 22.0 Å². The summed E-state index contributed by atoms with van der Waals surface area (Å²) in [6.45, 7) is 7.83. The van der Waals surface area contributed by atoms with Crippen LogP contribution in [0.15, 0.2) is 46.2 Å². The number of hydrogen-bond acceptors (Lipinski definition) is 4. The van der Waals surface area contributed by atoms with Gasteiger partial charge in [0.25, 0.3) is 0 Å². The number of nitrogens with one attached hydrogen (secondary N) is 2. The first-order chi connectivity index (χ1) is 14.3. The summed E-state index contributed by atoms with van der Waals surface area (Å²) in [5.41, 5.74) is 5.00. The molecule has 7 nitrogen and oxygen atoms in total. The van der Waals surface area contributed by atoms with Crippen molar-refractivity contribution in [3.63, 3.8) is 0 Å². The van der Waals surface area contributed by atoms with Crippen LogP contribution in [-0.4, -0.2) is 65.7 Å². The van der Waals surface area contributed by atoms with Crippen LogP contribution >= 0.6 is 24.0 Å². The Morgan fingerprint density at radius 3 is 2.73 bits per heavy atom. The number of aryl methyl sites for hydroxylation is 1. The van der Waals surface area contributed by atoms with Gasteiger partial charge < -0.3 is 19.7 Å². The van der Waals surface area contributed by atoms with E-state index in [-0.39, 0.29) is 24.0 Å². The maximum absolute atomic E-state index is 4.93. The Morgan fingerprint density at radius 2 is 2.03 bits per heavy atom. The van der Waals surface area contributed by atoms with Crippen LogP contribution in [0.1, 0.15) is 23.7 Å². The second-order valence-corrected chi connectivity index (χ2v) is 7.49. The molecule has 0 atom stereocenters. The third-order valence-corrected chi connectivity index (χ3v) is 5.71. The number of piperazine rings is 1. The number of para-hydroxylation sites is 1. The first kappa shape index (κ1) is 22.6. The molecule has 1 aromatic carbocycles. The Balaban J connectivity index is 0.00000256. The average molecular weight is 522 g/mol. The predicted molar refractivity (Wildman–Crippen MR) is 132 cm³/mol. The van der Waals surface area contributed by atoms with Crippen molar-refractivity contribution in [1.82, 2.24) is 25.3 Å². The maximum atomic E-state index is 4.93. The summed E-state index contributed by atoms with van der Waals surface area (Å²) >= 11 is 0. The Hall–Kier alpha value is -2.07. The van der Waals surface area contributed by atoms with Gasteiger partial charge in [-0.25, -0.2) is 0 Å². The first-order valence-electron chi connectivity index (χ1n) is 10.4. The summed E-state index contributed by atoms with van der Waals surface area (Å²) in [4.78, 5) is 12.7. The van der Waals surface area contributed by atoms with Gasteiger partial charge in [0.1, 0.15) is 6.26 Å². The number of H-pyrrole nitrogens is 1. The minimum absolute atomic E-state index is 0. The van der Waals surface area contributed by atoms with Gasteiger partial charge in [0.15, 0.2) is 5.96 Å². The fourth-order valence-corrected chi connectivity index (χ4v) is 4.08. The molecule has 2 aromatic heterocycles. The number of rotatable bonds is 6. The van der Waals surface area contributed by atoms with E-state index in [2.05, 4.69) is 61.6 Å².